The van der Waals surface area contributed by atoms with Gasteiger partial charge in [-0.05, 0) is 43.5 Å². The lowest BCUT2D eigenvalue weighted by atomic mass is 9.92. The molecule has 1 saturated heterocycles. The molecule has 1 aromatic rings. The highest BCUT2D eigenvalue weighted by Gasteiger charge is 2.39. The van der Waals surface area contributed by atoms with Crippen molar-refractivity contribution in [1.29, 1.82) is 0 Å². The number of nitrogens with one attached hydrogen (secondary N) is 1. The summed E-state index contributed by atoms with van der Waals surface area (Å²) in [5.74, 6) is -0.879. The van der Waals surface area contributed by atoms with Crippen molar-refractivity contribution in [1.82, 2.24) is 4.90 Å². The van der Waals surface area contributed by atoms with Crippen molar-refractivity contribution in [2.45, 2.75) is 31.7 Å². The maximum absolute atomic E-state index is 12.3. The third kappa shape index (κ3) is 2.81. The summed E-state index contributed by atoms with van der Waals surface area (Å²) >= 11 is 0. The Kier molecular flexibility index (Phi) is 3.83. The predicted octanol–water partition coefficient (Wildman–Crippen LogP) is 1.12. The van der Waals surface area contributed by atoms with Gasteiger partial charge in [0.2, 0.25) is 17.7 Å². The molecule has 1 unspecified atom stereocenters. The maximum Gasteiger partial charge on any atom is 0.248 e. The second-order valence-corrected chi connectivity index (χ2v) is 5.96. The molecule has 2 aliphatic rings. The van der Waals surface area contributed by atoms with E-state index in [0.29, 0.717) is 23.8 Å². The summed E-state index contributed by atoms with van der Waals surface area (Å²) in [5, 5.41) is 2.80. The summed E-state index contributed by atoms with van der Waals surface area (Å²) in [4.78, 5) is 37.1. The SMILES string of the molecule is NC(=O)c1ccc(NC(=O)C2CC(=O)N(C3CCC3)C2)cc1. The maximum atomic E-state index is 12.3. The van der Waals surface area contributed by atoms with E-state index in [2.05, 4.69) is 5.32 Å². The Hall–Kier alpha value is -2.37. The molecule has 0 bridgehead atoms. The van der Waals surface area contributed by atoms with Crippen molar-refractivity contribution in [2.75, 3.05) is 11.9 Å². The molecule has 6 heteroatoms. The Balaban J connectivity index is 1.60. The number of benzene rings is 1. The fourth-order valence-corrected chi connectivity index (χ4v) is 2.92. The second kappa shape index (κ2) is 5.79. The molecule has 116 valence electrons. The van der Waals surface area contributed by atoms with Gasteiger partial charge in [-0.25, -0.2) is 0 Å². The third-order valence-electron chi connectivity index (χ3n) is 4.48. The summed E-state index contributed by atoms with van der Waals surface area (Å²) in [5.41, 5.74) is 6.17. The van der Waals surface area contributed by atoms with Crippen LogP contribution in [0.3, 0.4) is 0 Å². The van der Waals surface area contributed by atoms with Crippen molar-refractivity contribution in [3.05, 3.63) is 29.8 Å². The molecule has 1 heterocycles. The summed E-state index contributed by atoms with van der Waals surface area (Å²) in [7, 11) is 0. The van der Waals surface area contributed by atoms with Crippen LogP contribution in [0.5, 0.6) is 0 Å². The number of carbonyl (C=O) groups excluding carboxylic acids is 3. The molecule has 6 nitrogen and oxygen atoms in total. The largest absolute Gasteiger partial charge is 0.366 e. The Bertz CT molecular complexity index is 608. The van der Waals surface area contributed by atoms with Gasteiger partial charge in [-0.3, -0.25) is 14.4 Å². The summed E-state index contributed by atoms with van der Waals surface area (Å²) < 4.78 is 0. The van der Waals surface area contributed by atoms with Gasteiger partial charge in [-0.15, -0.1) is 0 Å². The van der Waals surface area contributed by atoms with Crippen LogP contribution >= 0.6 is 0 Å². The van der Waals surface area contributed by atoms with Crippen LogP contribution in [0.4, 0.5) is 5.69 Å². The van der Waals surface area contributed by atoms with Gasteiger partial charge in [-0.2, -0.15) is 0 Å². The van der Waals surface area contributed by atoms with Gasteiger partial charge < -0.3 is 16.0 Å². The predicted molar refractivity (Wildman–Crippen MR) is 81.0 cm³/mol. The molecule has 0 radical (unpaired) electrons. The topological polar surface area (TPSA) is 92.5 Å². The number of nitrogens with two attached hydrogens (primary N) is 1. The molecule has 2 fully saturated rings. The first kappa shape index (κ1) is 14.6. The molecule has 3 amide bonds. The molecule has 3 rings (SSSR count). The van der Waals surface area contributed by atoms with Crippen LogP contribution in [0, 0.1) is 5.92 Å². The fourth-order valence-electron chi connectivity index (χ4n) is 2.92. The number of hydrogen-bond donors (Lipinski definition) is 2. The first-order chi connectivity index (χ1) is 10.5. The van der Waals surface area contributed by atoms with Crippen molar-refractivity contribution in [3.63, 3.8) is 0 Å². The van der Waals surface area contributed by atoms with Gasteiger partial charge in [0, 0.05) is 30.3 Å². The van der Waals surface area contributed by atoms with Gasteiger partial charge in [0.25, 0.3) is 0 Å². The minimum atomic E-state index is -0.504. The first-order valence-electron chi connectivity index (χ1n) is 7.55. The van der Waals surface area contributed by atoms with Crippen LogP contribution in [-0.4, -0.2) is 35.2 Å². The highest BCUT2D eigenvalue weighted by atomic mass is 16.2. The number of anilines is 1. The normalized spacial score (nSPS) is 21.5. The highest BCUT2D eigenvalue weighted by molar-refractivity contribution is 5.98. The lowest BCUT2D eigenvalue weighted by Gasteiger charge is -2.34. The van der Waals surface area contributed by atoms with Crippen LogP contribution < -0.4 is 11.1 Å². The molecule has 0 spiro atoms. The molecule has 0 aromatic heterocycles. The fraction of sp³-hybridized carbons (Fsp3) is 0.438. The van der Waals surface area contributed by atoms with Crippen LogP contribution in [0.1, 0.15) is 36.0 Å². The first-order valence-corrected chi connectivity index (χ1v) is 7.55. The second-order valence-electron chi connectivity index (χ2n) is 5.96. The van der Waals surface area contributed by atoms with Gasteiger partial charge in [0.1, 0.15) is 0 Å². The van der Waals surface area contributed by atoms with E-state index in [9.17, 15) is 14.4 Å². The quantitative estimate of drug-likeness (QED) is 0.873. The van der Waals surface area contributed by atoms with Crippen molar-refractivity contribution >= 4 is 23.4 Å². The minimum absolute atomic E-state index is 0.0777. The molecule has 3 N–H and O–H groups in total. The zero-order chi connectivity index (χ0) is 15.7. The van der Waals surface area contributed by atoms with E-state index in [1.165, 1.54) is 0 Å². The van der Waals surface area contributed by atoms with Gasteiger partial charge >= 0.3 is 0 Å². The van der Waals surface area contributed by atoms with Crippen LogP contribution in [0.15, 0.2) is 24.3 Å². The molecule has 1 aromatic carbocycles. The van der Waals surface area contributed by atoms with E-state index in [0.717, 1.165) is 19.3 Å². The van der Waals surface area contributed by atoms with E-state index < -0.39 is 5.91 Å². The smallest absolute Gasteiger partial charge is 0.248 e. The van der Waals surface area contributed by atoms with Gasteiger partial charge in [0.15, 0.2) is 0 Å². The van der Waals surface area contributed by atoms with Gasteiger partial charge in [-0.1, -0.05) is 0 Å². The van der Waals surface area contributed by atoms with E-state index in [1.807, 2.05) is 4.90 Å². The number of carbonyl (C=O) groups is 3. The van der Waals surface area contributed by atoms with Crippen molar-refractivity contribution < 1.29 is 14.4 Å². The Morgan fingerprint density at radius 1 is 1.18 bits per heavy atom. The molecule has 1 saturated carbocycles. The number of nitrogens with zero attached hydrogens (tertiary/aromatic N) is 1. The van der Waals surface area contributed by atoms with E-state index >= 15 is 0 Å². The zero-order valence-corrected chi connectivity index (χ0v) is 12.2. The highest BCUT2D eigenvalue weighted by Crippen LogP contribution is 2.31. The van der Waals surface area contributed by atoms with Crippen LogP contribution in [-0.2, 0) is 9.59 Å². The molecule has 1 aliphatic carbocycles. The monoisotopic (exact) mass is 301 g/mol. The van der Waals surface area contributed by atoms with Crippen molar-refractivity contribution in [2.24, 2.45) is 11.7 Å². The summed E-state index contributed by atoms with van der Waals surface area (Å²) in [6.07, 6.45) is 3.54. The van der Waals surface area contributed by atoms with Gasteiger partial charge in [0.05, 0.1) is 5.92 Å². The third-order valence-corrected chi connectivity index (χ3v) is 4.48. The summed E-state index contributed by atoms with van der Waals surface area (Å²) in [6, 6.07) is 6.74. The van der Waals surface area contributed by atoms with Crippen molar-refractivity contribution in [3.8, 4) is 0 Å². The molecular formula is C16H19N3O3. The molecule has 1 atom stereocenters. The Labute approximate surface area is 128 Å². The zero-order valence-electron chi connectivity index (χ0n) is 12.2. The Morgan fingerprint density at radius 2 is 1.86 bits per heavy atom. The lowest BCUT2D eigenvalue weighted by molar-refractivity contribution is -0.131. The molecular weight excluding hydrogens is 282 g/mol. The average molecular weight is 301 g/mol. The number of hydrogen-bond acceptors (Lipinski definition) is 3. The van der Waals surface area contributed by atoms with E-state index in [-0.39, 0.29) is 24.2 Å². The average Bonchev–Trinajstić information content (AvgIpc) is 2.80. The minimum Gasteiger partial charge on any atom is -0.366 e. The Morgan fingerprint density at radius 3 is 2.41 bits per heavy atom. The van der Waals surface area contributed by atoms with Crippen LogP contribution in [0.25, 0.3) is 0 Å². The van der Waals surface area contributed by atoms with E-state index in [1.54, 1.807) is 24.3 Å². The summed E-state index contributed by atoms with van der Waals surface area (Å²) in [6.45, 7) is 0.509. The standard InChI is InChI=1S/C16H19N3O3/c17-15(21)10-4-6-12(7-5-10)18-16(22)11-8-14(20)19(9-11)13-2-1-3-13/h4-7,11,13H,1-3,8-9H2,(H2,17,21)(H,18,22). The number of likely N-dealkylation sites (tertiary alicyclic amines) is 1. The number of amides is 3. The molecule has 1 aliphatic heterocycles. The van der Waals surface area contributed by atoms with Crippen LogP contribution in [0.2, 0.25) is 0 Å². The molecule has 22 heavy (non-hydrogen) atoms. The number of rotatable bonds is 4. The number of primary amides is 1. The van der Waals surface area contributed by atoms with E-state index in [4.69, 9.17) is 5.73 Å². The lowest BCUT2D eigenvalue weighted by Crippen LogP contribution is -2.41.